The van der Waals surface area contributed by atoms with Crippen LogP contribution in [-0.2, 0) is 0 Å². The molecule has 1 amide bonds. The van der Waals surface area contributed by atoms with E-state index in [9.17, 15) is 4.79 Å². The summed E-state index contributed by atoms with van der Waals surface area (Å²) in [6.07, 6.45) is 2.17. The molecule has 5 nitrogen and oxygen atoms in total. The van der Waals surface area contributed by atoms with Gasteiger partial charge in [-0.3, -0.25) is 4.79 Å². The average molecular weight is 312 g/mol. The van der Waals surface area contributed by atoms with Gasteiger partial charge in [-0.15, -0.1) is 0 Å². The Morgan fingerprint density at radius 3 is 2.87 bits per heavy atom. The lowest BCUT2D eigenvalue weighted by atomic mass is 10.0. The first kappa shape index (κ1) is 14.3. The smallest absolute Gasteiger partial charge is 0.287 e. The van der Waals surface area contributed by atoms with Crippen molar-refractivity contribution in [2.45, 2.75) is 24.9 Å². The predicted octanol–water partition coefficient (Wildman–Crippen LogP) is 2.44. The van der Waals surface area contributed by atoms with Crippen LogP contribution in [0.15, 0.2) is 40.8 Å². The number of amides is 1. The van der Waals surface area contributed by atoms with Crippen molar-refractivity contribution >= 4 is 5.91 Å². The molecule has 1 aromatic heterocycles. The molecule has 2 aliphatic rings. The number of hydrogen-bond acceptors (Lipinski definition) is 4. The molecule has 2 heterocycles. The van der Waals surface area contributed by atoms with Crippen LogP contribution >= 0.6 is 0 Å². The average Bonchev–Trinajstić information content (AvgIpc) is 3.31. The molecular formula is C18H20N2O3. The summed E-state index contributed by atoms with van der Waals surface area (Å²) in [6.45, 7) is 1.00. The molecular weight excluding hydrogens is 292 g/mol. The number of furan rings is 1. The quantitative estimate of drug-likeness (QED) is 0.910. The van der Waals surface area contributed by atoms with Gasteiger partial charge in [0, 0.05) is 18.6 Å². The molecule has 2 N–H and O–H groups in total. The molecule has 23 heavy (non-hydrogen) atoms. The number of ether oxygens (including phenoxy) is 1. The number of benzene rings is 1. The van der Waals surface area contributed by atoms with Crippen molar-refractivity contribution in [3.63, 3.8) is 0 Å². The summed E-state index contributed by atoms with van der Waals surface area (Å²) < 4.78 is 11.1. The number of nitrogens with one attached hydrogen (secondary N) is 2. The number of fused-ring (bicyclic) bond motifs is 2. The highest BCUT2D eigenvalue weighted by Crippen LogP contribution is 2.33. The fourth-order valence-corrected chi connectivity index (χ4v) is 3.70. The Kier molecular flexibility index (Phi) is 3.58. The summed E-state index contributed by atoms with van der Waals surface area (Å²) in [5, 5.41) is 6.56. The first-order valence-corrected chi connectivity index (χ1v) is 8.02. The molecule has 1 saturated heterocycles. The zero-order valence-corrected chi connectivity index (χ0v) is 13.0. The van der Waals surface area contributed by atoms with E-state index in [2.05, 4.69) is 10.6 Å². The number of piperidine rings is 1. The summed E-state index contributed by atoms with van der Waals surface area (Å²) in [5.41, 5.74) is 0.846. The number of methoxy groups -OCH3 is 1. The Morgan fingerprint density at radius 2 is 2.13 bits per heavy atom. The fraction of sp³-hybridized carbons (Fsp3) is 0.389. The number of rotatable bonds is 4. The SMILES string of the molecule is COc1ccccc1-c1ccc(C(=O)NC2CC3CC2CN3)o1. The molecule has 1 saturated carbocycles. The zero-order chi connectivity index (χ0) is 15.8. The van der Waals surface area contributed by atoms with E-state index in [1.165, 1.54) is 0 Å². The van der Waals surface area contributed by atoms with Crippen LogP contribution in [0.3, 0.4) is 0 Å². The summed E-state index contributed by atoms with van der Waals surface area (Å²) in [4.78, 5) is 12.4. The normalized spacial score (nSPS) is 25.5. The summed E-state index contributed by atoms with van der Waals surface area (Å²) in [7, 11) is 1.62. The third kappa shape index (κ3) is 2.61. The lowest BCUT2D eigenvalue weighted by Crippen LogP contribution is -2.44. The maximum absolute atomic E-state index is 12.4. The number of carbonyl (C=O) groups excluding carboxylic acids is 1. The predicted molar refractivity (Wildman–Crippen MR) is 86.5 cm³/mol. The third-order valence-corrected chi connectivity index (χ3v) is 4.88. The second kappa shape index (κ2) is 5.74. The van der Waals surface area contributed by atoms with Crippen LogP contribution in [0.1, 0.15) is 23.4 Å². The van der Waals surface area contributed by atoms with Crippen LogP contribution in [0.5, 0.6) is 5.75 Å². The topological polar surface area (TPSA) is 63.5 Å². The Balaban J connectivity index is 1.50. The van der Waals surface area contributed by atoms with Gasteiger partial charge < -0.3 is 19.8 Å². The molecule has 1 aromatic carbocycles. The van der Waals surface area contributed by atoms with E-state index in [-0.39, 0.29) is 11.9 Å². The molecule has 4 rings (SSSR count). The molecule has 120 valence electrons. The van der Waals surface area contributed by atoms with Gasteiger partial charge in [0.1, 0.15) is 11.5 Å². The standard InChI is InChI=1S/C18H20N2O3/c1-22-15-5-3-2-4-13(15)16-6-7-17(23-16)18(21)20-14-9-12-8-11(14)10-19-12/h2-7,11-12,14,19H,8-10H2,1H3,(H,20,21). The highest BCUT2D eigenvalue weighted by atomic mass is 16.5. The third-order valence-electron chi connectivity index (χ3n) is 4.88. The second-order valence-electron chi connectivity index (χ2n) is 6.28. The van der Waals surface area contributed by atoms with Gasteiger partial charge in [-0.2, -0.15) is 0 Å². The monoisotopic (exact) mass is 312 g/mol. The van der Waals surface area contributed by atoms with Gasteiger partial charge in [-0.25, -0.2) is 0 Å². The van der Waals surface area contributed by atoms with E-state index >= 15 is 0 Å². The van der Waals surface area contributed by atoms with Gasteiger partial charge in [-0.1, -0.05) is 12.1 Å². The van der Waals surface area contributed by atoms with Gasteiger partial charge in [0.05, 0.1) is 12.7 Å². The van der Waals surface area contributed by atoms with E-state index in [0.29, 0.717) is 23.5 Å². The van der Waals surface area contributed by atoms with Crippen LogP contribution in [0, 0.1) is 5.92 Å². The van der Waals surface area contributed by atoms with Gasteiger partial charge in [0.15, 0.2) is 5.76 Å². The van der Waals surface area contributed by atoms with Gasteiger partial charge in [0.2, 0.25) is 0 Å². The van der Waals surface area contributed by atoms with E-state index in [4.69, 9.17) is 9.15 Å². The molecule has 2 fully saturated rings. The summed E-state index contributed by atoms with van der Waals surface area (Å²) in [6, 6.07) is 12.0. The van der Waals surface area contributed by atoms with Crippen molar-refractivity contribution in [2.75, 3.05) is 13.7 Å². The van der Waals surface area contributed by atoms with Crippen LogP contribution in [-0.4, -0.2) is 31.6 Å². The molecule has 0 spiro atoms. The minimum atomic E-state index is -0.135. The largest absolute Gasteiger partial charge is 0.496 e. The van der Waals surface area contributed by atoms with E-state index in [1.807, 2.05) is 30.3 Å². The number of carbonyl (C=O) groups is 1. The molecule has 2 bridgehead atoms. The fourth-order valence-electron chi connectivity index (χ4n) is 3.70. The first-order chi connectivity index (χ1) is 11.2. The lowest BCUT2D eigenvalue weighted by molar-refractivity contribution is 0.0897. The molecule has 5 heteroatoms. The van der Waals surface area contributed by atoms with Crippen molar-refractivity contribution in [3.05, 3.63) is 42.2 Å². The van der Waals surface area contributed by atoms with Crippen molar-refractivity contribution in [1.29, 1.82) is 0 Å². The molecule has 3 atom stereocenters. The number of para-hydroxylation sites is 1. The van der Waals surface area contributed by atoms with E-state index in [1.54, 1.807) is 13.2 Å². The lowest BCUT2D eigenvalue weighted by Gasteiger charge is -2.22. The van der Waals surface area contributed by atoms with E-state index in [0.717, 1.165) is 30.7 Å². The maximum Gasteiger partial charge on any atom is 0.287 e. The maximum atomic E-state index is 12.4. The Bertz CT molecular complexity index is 725. The second-order valence-corrected chi connectivity index (χ2v) is 6.28. The van der Waals surface area contributed by atoms with E-state index < -0.39 is 0 Å². The van der Waals surface area contributed by atoms with Gasteiger partial charge >= 0.3 is 0 Å². The molecule has 1 aliphatic carbocycles. The van der Waals surface area contributed by atoms with Gasteiger partial charge in [-0.05, 0) is 43.0 Å². The Morgan fingerprint density at radius 1 is 1.26 bits per heavy atom. The van der Waals surface area contributed by atoms with Crippen molar-refractivity contribution in [2.24, 2.45) is 5.92 Å². The molecule has 2 aromatic rings. The van der Waals surface area contributed by atoms with Crippen molar-refractivity contribution in [1.82, 2.24) is 10.6 Å². The zero-order valence-electron chi connectivity index (χ0n) is 13.0. The molecule has 1 aliphatic heterocycles. The van der Waals surface area contributed by atoms with Crippen molar-refractivity contribution < 1.29 is 13.9 Å². The Hall–Kier alpha value is -2.27. The molecule has 0 radical (unpaired) electrons. The van der Waals surface area contributed by atoms with Crippen LogP contribution in [0.25, 0.3) is 11.3 Å². The highest BCUT2D eigenvalue weighted by molar-refractivity contribution is 5.92. The highest BCUT2D eigenvalue weighted by Gasteiger charge is 2.40. The van der Waals surface area contributed by atoms with Crippen molar-refractivity contribution in [3.8, 4) is 17.1 Å². The minimum absolute atomic E-state index is 0.135. The van der Waals surface area contributed by atoms with Gasteiger partial charge in [0.25, 0.3) is 5.91 Å². The summed E-state index contributed by atoms with van der Waals surface area (Å²) >= 11 is 0. The van der Waals surface area contributed by atoms with Crippen LogP contribution in [0.4, 0.5) is 0 Å². The number of hydrogen-bond donors (Lipinski definition) is 2. The summed E-state index contributed by atoms with van der Waals surface area (Å²) in [5.74, 6) is 2.13. The molecule has 3 unspecified atom stereocenters. The first-order valence-electron chi connectivity index (χ1n) is 8.02. The Labute approximate surface area is 135 Å². The minimum Gasteiger partial charge on any atom is -0.496 e. The van der Waals surface area contributed by atoms with Crippen LogP contribution < -0.4 is 15.4 Å². The van der Waals surface area contributed by atoms with Crippen LogP contribution in [0.2, 0.25) is 0 Å².